The summed E-state index contributed by atoms with van der Waals surface area (Å²) in [7, 11) is -0.474. The molecule has 0 atom stereocenters. The average Bonchev–Trinajstić information content (AvgIpc) is 2.69. The van der Waals surface area contributed by atoms with Crippen molar-refractivity contribution >= 4 is 14.5 Å². The van der Waals surface area contributed by atoms with Gasteiger partial charge < -0.3 is 9.26 Å². The predicted molar refractivity (Wildman–Crippen MR) is 134 cm³/mol. The van der Waals surface area contributed by atoms with Gasteiger partial charge >= 0.3 is 0 Å². The number of halogens is 1. The highest BCUT2D eigenvalue weighted by Crippen LogP contribution is 2.40. The number of nitrogens with zero attached hydrogens (tertiary/aromatic N) is 2. The van der Waals surface area contributed by atoms with E-state index in [1.54, 1.807) is 6.21 Å². The fourth-order valence-electron chi connectivity index (χ4n) is 3.39. The molecule has 0 saturated carbocycles. The predicted octanol–water partition coefficient (Wildman–Crippen LogP) is 7.64. The first-order chi connectivity index (χ1) is 14.8. The highest BCUT2D eigenvalue weighted by atomic mass is 28.4. The molecular weight excluding hydrogens is 419 g/mol. The Morgan fingerprint density at radius 3 is 2.06 bits per heavy atom. The third-order valence-corrected chi connectivity index (χ3v) is 10.8. The van der Waals surface area contributed by atoms with Crippen molar-refractivity contribution in [3.63, 3.8) is 0 Å². The molecule has 1 heterocycles. The van der Waals surface area contributed by atoms with Crippen molar-refractivity contribution in [2.75, 3.05) is 7.11 Å². The van der Waals surface area contributed by atoms with E-state index in [2.05, 4.69) is 66.7 Å². The zero-order valence-corrected chi connectivity index (χ0v) is 22.3. The van der Waals surface area contributed by atoms with Gasteiger partial charge in [-0.3, -0.25) is 4.98 Å². The quantitative estimate of drug-likeness (QED) is 0.232. The second kappa shape index (κ2) is 10.3. The lowest BCUT2D eigenvalue weighted by Gasteiger charge is -2.37. The number of oxime groups is 1. The van der Waals surface area contributed by atoms with Crippen LogP contribution in [0.4, 0.5) is 4.39 Å². The first-order valence-electron chi connectivity index (χ1n) is 11.3. The van der Waals surface area contributed by atoms with Crippen LogP contribution in [-0.2, 0) is 15.9 Å². The van der Waals surface area contributed by atoms with E-state index in [4.69, 9.17) is 14.2 Å². The molecule has 0 N–H and O–H groups in total. The van der Waals surface area contributed by atoms with E-state index in [0.29, 0.717) is 6.61 Å². The van der Waals surface area contributed by atoms with Crippen LogP contribution in [0.15, 0.2) is 29.4 Å². The van der Waals surface area contributed by atoms with Crippen LogP contribution in [0, 0.1) is 5.82 Å². The lowest BCUT2D eigenvalue weighted by atomic mass is 9.88. The van der Waals surface area contributed by atoms with Gasteiger partial charge in [0.15, 0.2) is 8.32 Å². The molecule has 0 saturated heterocycles. The average molecular weight is 459 g/mol. The molecule has 0 amide bonds. The normalized spacial score (nSPS) is 12.9. The van der Waals surface area contributed by atoms with Crippen LogP contribution in [0.25, 0.3) is 11.1 Å². The SMILES string of the molecule is CON=Cc1c(C(C)C)nc(C(C)C)c(CO[Si](C)(C)C(C)(C)C)c1-c1ccc(F)cc1. The molecule has 32 heavy (non-hydrogen) atoms. The van der Waals surface area contributed by atoms with Crippen molar-refractivity contribution in [1.29, 1.82) is 0 Å². The standard InChI is InChI=1S/C26H39FN2O2Si/c1-17(2)24-21(15-28-30-8)23(19-11-13-20(27)14-12-19)22(25(29-24)18(3)4)16-31-32(9,10)26(5,6)7/h11-15,17-18H,16H2,1-10H3. The molecule has 0 radical (unpaired) electrons. The summed E-state index contributed by atoms with van der Waals surface area (Å²) < 4.78 is 20.4. The van der Waals surface area contributed by atoms with E-state index >= 15 is 0 Å². The maximum Gasteiger partial charge on any atom is 0.192 e. The Balaban J connectivity index is 2.86. The van der Waals surface area contributed by atoms with Crippen LogP contribution in [0.3, 0.4) is 0 Å². The van der Waals surface area contributed by atoms with Gasteiger partial charge in [-0.1, -0.05) is 65.8 Å². The maximum absolute atomic E-state index is 13.8. The van der Waals surface area contributed by atoms with Gasteiger partial charge in [-0.15, -0.1) is 0 Å². The van der Waals surface area contributed by atoms with E-state index in [1.807, 2.05) is 12.1 Å². The van der Waals surface area contributed by atoms with Gasteiger partial charge in [-0.05, 0) is 53.2 Å². The van der Waals surface area contributed by atoms with E-state index in [1.165, 1.54) is 19.2 Å². The minimum Gasteiger partial charge on any atom is -0.412 e. The molecule has 0 bridgehead atoms. The summed E-state index contributed by atoms with van der Waals surface area (Å²) in [4.78, 5) is 10.1. The summed E-state index contributed by atoms with van der Waals surface area (Å²) in [5.74, 6) is 0.126. The van der Waals surface area contributed by atoms with E-state index in [9.17, 15) is 4.39 Å². The summed E-state index contributed by atoms with van der Waals surface area (Å²) in [6.45, 7) is 20.2. The Bertz CT molecular complexity index is 946. The first kappa shape index (κ1) is 26.2. The fourth-order valence-corrected chi connectivity index (χ4v) is 4.33. The van der Waals surface area contributed by atoms with Crippen molar-refractivity contribution in [1.82, 2.24) is 4.98 Å². The lowest BCUT2D eigenvalue weighted by molar-refractivity contribution is 0.215. The zero-order valence-electron chi connectivity index (χ0n) is 21.3. The molecule has 6 heteroatoms. The number of rotatable bonds is 8. The van der Waals surface area contributed by atoms with Crippen molar-refractivity contribution in [3.8, 4) is 11.1 Å². The zero-order chi connectivity index (χ0) is 24.3. The largest absolute Gasteiger partial charge is 0.412 e. The highest BCUT2D eigenvalue weighted by Gasteiger charge is 2.37. The van der Waals surface area contributed by atoms with Crippen LogP contribution in [0.2, 0.25) is 18.1 Å². The minimum absolute atomic E-state index is 0.0900. The van der Waals surface area contributed by atoms with E-state index in [0.717, 1.165) is 33.6 Å². The smallest absolute Gasteiger partial charge is 0.192 e. The summed E-state index contributed by atoms with van der Waals surface area (Å²) >= 11 is 0. The summed E-state index contributed by atoms with van der Waals surface area (Å²) in [6, 6.07) is 6.63. The molecule has 0 aliphatic heterocycles. The molecule has 0 aliphatic rings. The Morgan fingerprint density at radius 1 is 1.03 bits per heavy atom. The summed E-state index contributed by atoms with van der Waals surface area (Å²) in [5.41, 5.74) is 5.81. The van der Waals surface area contributed by atoms with Crippen LogP contribution in [-0.4, -0.2) is 26.6 Å². The Labute approximate surface area is 194 Å². The Hall–Kier alpha value is -2.05. The van der Waals surface area contributed by atoms with Crippen LogP contribution < -0.4 is 0 Å². The Kier molecular flexibility index (Phi) is 8.40. The Morgan fingerprint density at radius 2 is 1.59 bits per heavy atom. The fraction of sp³-hybridized carbons (Fsp3) is 0.538. The third kappa shape index (κ3) is 5.84. The molecule has 0 aliphatic carbocycles. The molecular formula is C26H39FN2O2Si. The van der Waals surface area contributed by atoms with Crippen molar-refractivity contribution in [2.45, 2.75) is 85.0 Å². The number of aromatic nitrogens is 1. The minimum atomic E-state index is -2.00. The summed E-state index contributed by atoms with van der Waals surface area (Å²) in [6.07, 6.45) is 1.72. The van der Waals surface area contributed by atoms with Gasteiger partial charge in [0, 0.05) is 16.8 Å². The number of pyridine rings is 1. The summed E-state index contributed by atoms with van der Waals surface area (Å²) in [5, 5.41) is 4.17. The molecule has 2 rings (SSSR count). The second-order valence-corrected chi connectivity index (χ2v) is 15.2. The van der Waals surface area contributed by atoms with Gasteiger partial charge in [0.2, 0.25) is 0 Å². The molecule has 1 aromatic heterocycles. The van der Waals surface area contributed by atoms with Gasteiger partial charge in [0.05, 0.1) is 18.5 Å². The van der Waals surface area contributed by atoms with Crippen LogP contribution >= 0.6 is 0 Å². The molecule has 4 nitrogen and oxygen atoms in total. The molecule has 0 fully saturated rings. The highest BCUT2D eigenvalue weighted by molar-refractivity contribution is 6.74. The van der Waals surface area contributed by atoms with Crippen LogP contribution in [0.5, 0.6) is 0 Å². The first-order valence-corrected chi connectivity index (χ1v) is 14.2. The van der Waals surface area contributed by atoms with Gasteiger partial charge in [0.25, 0.3) is 0 Å². The number of hydrogen-bond acceptors (Lipinski definition) is 4. The molecule has 0 unspecified atom stereocenters. The van der Waals surface area contributed by atoms with Gasteiger partial charge in [-0.2, -0.15) is 0 Å². The van der Waals surface area contributed by atoms with Crippen molar-refractivity contribution < 1.29 is 13.7 Å². The third-order valence-electron chi connectivity index (χ3n) is 6.29. The van der Waals surface area contributed by atoms with Crippen molar-refractivity contribution in [3.05, 3.63) is 52.6 Å². The number of hydrogen-bond donors (Lipinski definition) is 0. The van der Waals surface area contributed by atoms with E-state index in [-0.39, 0.29) is 22.7 Å². The van der Waals surface area contributed by atoms with Gasteiger partial charge in [-0.25, -0.2) is 4.39 Å². The molecule has 176 valence electrons. The van der Waals surface area contributed by atoms with E-state index < -0.39 is 8.32 Å². The topological polar surface area (TPSA) is 43.7 Å². The monoisotopic (exact) mass is 458 g/mol. The second-order valence-electron chi connectivity index (χ2n) is 10.4. The molecule has 1 aromatic carbocycles. The maximum atomic E-state index is 13.8. The molecule has 0 spiro atoms. The van der Waals surface area contributed by atoms with Crippen molar-refractivity contribution in [2.24, 2.45) is 5.16 Å². The number of benzene rings is 1. The van der Waals surface area contributed by atoms with Gasteiger partial charge in [0.1, 0.15) is 12.9 Å². The lowest BCUT2D eigenvalue weighted by Crippen LogP contribution is -2.40. The molecule has 2 aromatic rings. The van der Waals surface area contributed by atoms with Crippen LogP contribution in [0.1, 0.15) is 82.8 Å².